The van der Waals surface area contributed by atoms with Crippen LogP contribution in [0.3, 0.4) is 0 Å². The number of thioether (sulfide) groups is 1. The maximum absolute atomic E-state index is 9.96. The summed E-state index contributed by atoms with van der Waals surface area (Å²) < 4.78 is 5.70. The lowest BCUT2D eigenvalue weighted by atomic mass is 10.1. The second kappa shape index (κ2) is 5.93. The first-order valence-electron chi connectivity index (χ1n) is 6.18. The van der Waals surface area contributed by atoms with E-state index in [-0.39, 0.29) is 11.6 Å². The molecule has 21 heavy (non-hydrogen) atoms. The van der Waals surface area contributed by atoms with E-state index in [2.05, 4.69) is 25.6 Å². The predicted molar refractivity (Wildman–Crippen MR) is 72.3 cm³/mol. The van der Waals surface area contributed by atoms with Crippen LogP contribution in [0.2, 0.25) is 0 Å². The van der Waals surface area contributed by atoms with E-state index in [1.54, 1.807) is 18.3 Å². The van der Waals surface area contributed by atoms with Crippen molar-refractivity contribution in [1.29, 1.82) is 0 Å². The molecule has 4 atom stereocenters. The minimum atomic E-state index is -1.25. The van der Waals surface area contributed by atoms with Gasteiger partial charge in [0.05, 0.1) is 6.10 Å². The van der Waals surface area contributed by atoms with E-state index in [4.69, 9.17) is 4.74 Å². The number of tetrazole rings is 1. The number of pyridine rings is 1. The smallest absolute Gasteiger partial charge is 0.226 e. The third-order valence-electron chi connectivity index (χ3n) is 3.03. The summed E-state index contributed by atoms with van der Waals surface area (Å²) in [4.78, 5) is 4.13. The standard InChI is InChI=1S/C11H13N5O4S/c17-5-4-21-11(9(19)8(5)18)20-6-2-1-3-12-7(6)10-13-15-16-14-10/h1-3,5,8-9,11,17-19H,4H2,(H,13,14,15,16)/t5-,8+,9-,11+/m1/s1. The molecule has 0 aromatic carbocycles. The van der Waals surface area contributed by atoms with E-state index in [1.165, 1.54) is 11.8 Å². The van der Waals surface area contributed by atoms with Gasteiger partial charge < -0.3 is 20.1 Å². The highest BCUT2D eigenvalue weighted by Crippen LogP contribution is 2.32. The van der Waals surface area contributed by atoms with Crippen LogP contribution < -0.4 is 4.74 Å². The van der Waals surface area contributed by atoms with E-state index >= 15 is 0 Å². The van der Waals surface area contributed by atoms with Crippen LogP contribution in [0.25, 0.3) is 11.5 Å². The molecule has 0 spiro atoms. The molecule has 3 heterocycles. The van der Waals surface area contributed by atoms with E-state index in [9.17, 15) is 15.3 Å². The molecule has 0 aliphatic carbocycles. The van der Waals surface area contributed by atoms with Crippen LogP contribution in [0, 0.1) is 0 Å². The van der Waals surface area contributed by atoms with Crippen molar-refractivity contribution in [1.82, 2.24) is 25.6 Å². The van der Waals surface area contributed by atoms with Gasteiger partial charge in [0, 0.05) is 11.9 Å². The number of ether oxygens (including phenoxy) is 1. The summed E-state index contributed by atoms with van der Waals surface area (Å²) in [7, 11) is 0. The molecule has 1 aliphatic heterocycles. The summed E-state index contributed by atoms with van der Waals surface area (Å²) in [6, 6.07) is 3.33. The van der Waals surface area contributed by atoms with Crippen molar-refractivity contribution >= 4 is 11.8 Å². The van der Waals surface area contributed by atoms with Crippen molar-refractivity contribution in [2.45, 2.75) is 23.7 Å². The number of rotatable bonds is 3. The molecule has 3 rings (SSSR count). The van der Waals surface area contributed by atoms with E-state index in [0.29, 0.717) is 11.4 Å². The van der Waals surface area contributed by atoms with Crippen molar-refractivity contribution < 1.29 is 20.1 Å². The maximum atomic E-state index is 9.96. The molecular weight excluding hydrogens is 298 g/mol. The topological polar surface area (TPSA) is 137 Å². The maximum Gasteiger partial charge on any atom is 0.226 e. The molecule has 1 aliphatic rings. The van der Waals surface area contributed by atoms with Gasteiger partial charge in [0.25, 0.3) is 0 Å². The molecule has 0 unspecified atom stereocenters. The van der Waals surface area contributed by atoms with Crippen LogP contribution in [-0.2, 0) is 0 Å². The van der Waals surface area contributed by atoms with Crippen molar-refractivity contribution in [2.24, 2.45) is 0 Å². The second-order valence-electron chi connectivity index (χ2n) is 4.45. The lowest BCUT2D eigenvalue weighted by Gasteiger charge is -2.34. The SMILES string of the molecule is O[C@@H]1[C@@H](O)[C@@H](Oc2cccnc2-c2nn[nH]n2)SC[C@H]1O. The van der Waals surface area contributed by atoms with Gasteiger partial charge >= 0.3 is 0 Å². The molecule has 0 amide bonds. The lowest BCUT2D eigenvalue weighted by molar-refractivity contribution is -0.0785. The molecule has 9 nitrogen and oxygen atoms in total. The Morgan fingerprint density at radius 1 is 1.29 bits per heavy atom. The Morgan fingerprint density at radius 3 is 2.90 bits per heavy atom. The number of aliphatic hydroxyl groups is 3. The number of aromatic amines is 1. The number of aromatic nitrogens is 5. The van der Waals surface area contributed by atoms with E-state index in [0.717, 1.165) is 0 Å². The first-order valence-corrected chi connectivity index (χ1v) is 7.23. The Kier molecular flexibility index (Phi) is 4.01. The molecule has 1 saturated heterocycles. The van der Waals surface area contributed by atoms with Crippen molar-refractivity contribution in [3.05, 3.63) is 18.3 Å². The zero-order chi connectivity index (χ0) is 14.8. The first-order chi connectivity index (χ1) is 10.2. The summed E-state index contributed by atoms with van der Waals surface area (Å²) in [6.07, 6.45) is -1.88. The van der Waals surface area contributed by atoms with Gasteiger partial charge in [-0.15, -0.1) is 22.0 Å². The van der Waals surface area contributed by atoms with Gasteiger partial charge in [-0.1, -0.05) is 0 Å². The first kappa shape index (κ1) is 14.2. The van der Waals surface area contributed by atoms with Crippen LogP contribution in [0.4, 0.5) is 0 Å². The van der Waals surface area contributed by atoms with Gasteiger partial charge in [0.1, 0.15) is 12.2 Å². The largest absolute Gasteiger partial charge is 0.475 e. The molecule has 2 aromatic rings. The number of aliphatic hydroxyl groups excluding tert-OH is 3. The molecule has 1 fully saturated rings. The highest BCUT2D eigenvalue weighted by Gasteiger charge is 2.39. The quantitative estimate of drug-likeness (QED) is 0.550. The predicted octanol–water partition coefficient (Wildman–Crippen LogP) is -1.20. The highest BCUT2D eigenvalue weighted by atomic mass is 32.2. The molecule has 10 heteroatoms. The average Bonchev–Trinajstić information content (AvgIpc) is 3.02. The molecule has 0 bridgehead atoms. The van der Waals surface area contributed by atoms with Crippen molar-refractivity contribution in [3.63, 3.8) is 0 Å². The molecule has 112 valence electrons. The van der Waals surface area contributed by atoms with Crippen LogP contribution in [0.15, 0.2) is 18.3 Å². The molecule has 4 N–H and O–H groups in total. The van der Waals surface area contributed by atoms with Gasteiger partial charge in [0.15, 0.2) is 16.9 Å². The lowest BCUT2D eigenvalue weighted by Crippen LogP contribution is -2.50. The Balaban J connectivity index is 1.83. The average molecular weight is 311 g/mol. The van der Waals surface area contributed by atoms with Gasteiger partial charge in [0.2, 0.25) is 5.82 Å². The van der Waals surface area contributed by atoms with Gasteiger partial charge in [-0.25, -0.2) is 4.98 Å². The van der Waals surface area contributed by atoms with E-state index < -0.39 is 23.7 Å². The zero-order valence-electron chi connectivity index (χ0n) is 10.7. The number of hydrogen-bond acceptors (Lipinski definition) is 9. The van der Waals surface area contributed by atoms with Gasteiger partial charge in [-0.2, -0.15) is 5.21 Å². The van der Waals surface area contributed by atoms with E-state index in [1.807, 2.05) is 0 Å². The Morgan fingerprint density at radius 2 is 2.14 bits per heavy atom. The van der Waals surface area contributed by atoms with Gasteiger partial charge in [-0.05, 0) is 17.3 Å². The fraction of sp³-hybridized carbons (Fsp3) is 0.455. The van der Waals surface area contributed by atoms with Crippen molar-refractivity contribution in [3.8, 4) is 17.3 Å². The minimum absolute atomic E-state index is 0.265. The summed E-state index contributed by atoms with van der Waals surface area (Å²) in [5.41, 5.74) is -0.349. The minimum Gasteiger partial charge on any atom is -0.475 e. The molecular formula is C11H13N5O4S. The Bertz CT molecular complexity index is 598. The zero-order valence-corrected chi connectivity index (χ0v) is 11.5. The number of nitrogens with one attached hydrogen (secondary N) is 1. The normalized spacial score (nSPS) is 29.3. The van der Waals surface area contributed by atoms with Crippen LogP contribution in [0.1, 0.15) is 0 Å². The third kappa shape index (κ3) is 2.83. The summed E-state index contributed by atoms with van der Waals surface area (Å²) >= 11 is 1.21. The van der Waals surface area contributed by atoms with Crippen LogP contribution >= 0.6 is 11.8 Å². The fourth-order valence-corrected chi connectivity index (χ4v) is 3.04. The van der Waals surface area contributed by atoms with Crippen LogP contribution in [0.5, 0.6) is 5.75 Å². The Hall–Kier alpha value is -1.75. The second-order valence-corrected chi connectivity index (χ2v) is 5.58. The number of H-pyrrole nitrogens is 1. The molecule has 2 aromatic heterocycles. The Labute approximate surface area is 123 Å². The van der Waals surface area contributed by atoms with Crippen LogP contribution in [-0.4, -0.2) is 70.4 Å². The van der Waals surface area contributed by atoms with Gasteiger partial charge in [-0.3, -0.25) is 0 Å². The molecule has 0 saturated carbocycles. The summed E-state index contributed by atoms with van der Waals surface area (Å²) in [5.74, 6) is 0.890. The number of hydrogen-bond donors (Lipinski definition) is 4. The fourth-order valence-electron chi connectivity index (χ4n) is 1.92. The summed E-state index contributed by atoms with van der Waals surface area (Å²) in [5, 5.41) is 42.6. The highest BCUT2D eigenvalue weighted by molar-refractivity contribution is 7.99. The monoisotopic (exact) mass is 311 g/mol. The molecule has 0 radical (unpaired) electrons. The third-order valence-corrected chi connectivity index (χ3v) is 4.26. The summed E-state index contributed by atoms with van der Waals surface area (Å²) in [6.45, 7) is 0. The number of nitrogens with zero attached hydrogens (tertiary/aromatic N) is 4. The van der Waals surface area contributed by atoms with Crippen molar-refractivity contribution in [2.75, 3.05) is 5.75 Å².